The van der Waals surface area contributed by atoms with Gasteiger partial charge in [-0.15, -0.1) is 0 Å². The van der Waals surface area contributed by atoms with Gasteiger partial charge in [-0.1, -0.05) is 23.7 Å². The van der Waals surface area contributed by atoms with Gasteiger partial charge in [0, 0.05) is 28.9 Å². The largest absolute Gasteiger partial charge is 0.451 e. The van der Waals surface area contributed by atoms with Crippen molar-refractivity contribution >= 4 is 55.9 Å². The monoisotopic (exact) mass is 385 g/mol. The van der Waals surface area contributed by atoms with Gasteiger partial charge >= 0.3 is 0 Å². The SMILES string of the molecule is O=C(NCCCNc1nsc2ccccc12)c1cc2cc(Cl)ccc2o1. The number of benzene rings is 2. The summed E-state index contributed by atoms with van der Waals surface area (Å²) < 4.78 is 11.1. The maximum Gasteiger partial charge on any atom is 0.287 e. The molecule has 26 heavy (non-hydrogen) atoms. The van der Waals surface area contributed by atoms with E-state index in [0.29, 0.717) is 22.9 Å². The maximum atomic E-state index is 12.2. The summed E-state index contributed by atoms with van der Waals surface area (Å²) in [4.78, 5) is 12.2. The van der Waals surface area contributed by atoms with E-state index in [1.165, 1.54) is 11.5 Å². The van der Waals surface area contributed by atoms with Crippen LogP contribution in [0.1, 0.15) is 17.0 Å². The number of carbonyl (C=O) groups is 1. The third-order valence-corrected chi connectivity index (χ3v) is 5.07. The van der Waals surface area contributed by atoms with Crippen molar-refractivity contribution in [2.75, 3.05) is 18.4 Å². The fourth-order valence-electron chi connectivity index (χ4n) is 2.72. The normalized spacial score (nSPS) is 11.1. The molecule has 0 bridgehead atoms. The van der Waals surface area contributed by atoms with Gasteiger partial charge in [0.05, 0.1) is 4.70 Å². The molecule has 5 nitrogen and oxygen atoms in total. The molecule has 0 aliphatic heterocycles. The van der Waals surface area contributed by atoms with Gasteiger partial charge in [0.15, 0.2) is 5.76 Å². The Morgan fingerprint density at radius 3 is 2.96 bits per heavy atom. The van der Waals surface area contributed by atoms with E-state index in [4.69, 9.17) is 16.0 Å². The predicted octanol–water partition coefficient (Wildman–Crippen LogP) is 4.93. The number of hydrogen-bond acceptors (Lipinski definition) is 5. The molecule has 4 rings (SSSR count). The van der Waals surface area contributed by atoms with Crippen molar-refractivity contribution in [1.29, 1.82) is 0 Å². The Morgan fingerprint density at radius 2 is 2.04 bits per heavy atom. The molecule has 0 aliphatic rings. The number of nitrogens with one attached hydrogen (secondary N) is 2. The van der Waals surface area contributed by atoms with Gasteiger partial charge in [-0.05, 0) is 54.4 Å². The molecule has 2 aromatic carbocycles. The highest BCUT2D eigenvalue weighted by atomic mass is 35.5. The van der Waals surface area contributed by atoms with Gasteiger partial charge in [0.25, 0.3) is 5.91 Å². The molecule has 0 unspecified atom stereocenters. The predicted molar refractivity (Wildman–Crippen MR) is 106 cm³/mol. The van der Waals surface area contributed by atoms with Crippen molar-refractivity contribution in [3.8, 4) is 0 Å². The minimum atomic E-state index is -0.226. The number of carbonyl (C=O) groups excluding carboxylic acids is 1. The second kappa shape index (κ2) is 7.35. The van der Waals surface area contributed by atoms with E-state index in [2.05, 4.69) is 27.1 Å². The van der Waals surface area contributed by atoms with Crippen LogP contribution in [0.15, 0.2) is 52.9 Å². The van der Waals surface area contributed by atoms with Gasteiger partial charge in [-0.3, -0.25) is 4.79 Å². The molecule has 0 aliphatic carbocycles. The van der Waals surface area contributed by atoms with Crippen LogP contribution in [0.25, 0.3) is 21.1 Å². The Kier molecular flexibility index (Phi) is 4.77. The summed E-state index contributed by atoms with van der Waals surface area (Å²) in [5, 5.41) is 8.75. The number of furan rings is 1. The fraction of sp³-hybridized carbons (Fsp3) is 0.158. The van der Waals surface area contributed by atoms with Crippen LogP contribution < -0.4 is 10.6 Å². The van der Waals surface area contributed by atoms with Gasteiger partial charge in [-0.25, -0.2) is 0 Å². The molecule has 2 aromatic heterocycles. The lowest BCUT2D eigenvalue weighted by Gasteiger charge is -2.05. The summed E-state index contributed by atoms with van der Waals surface area (Å²) in [6.45, 7) is 1.27. The molecule has 2 N–H and O–H groups in total. The van der Waals surface area contributed by atoms with E-state index in [1.807, 2.05) is 12.1 Å². The van der Waals surface area contributed by atoms with E-state index in [9.17, 15) is 4.79 Å². The van der Waals surface area contributed by atoms with Crippen LogP contribution in [0, 0.1) is 0 Å². The molecular weight excluding hydrogens is 370 g/mol. The molecule has 0 fully saturated rings. The minimum Gasteiger partial charge on any atom is -0.451 e. The second-order valence-corrected chi connectivity index (χ2v) is 7.10. The number of amides is 1. The first-order chi connectivity index (χ1) is 12.7. The molecule has 1 amide bonds. The van der Waals surface area contributed by atoms with E-state index >= 15 is 0 Å². The summed E-state index contributed by atoms with van der Waals surface area (Å²) in [7, 11) is 0. The Labute approximate surface area is 159 Å². The van der Waals surface area contributed by atoms with Gasteiger partial charge in [-0.2, -0.15) is 4.37 Å². The zero-order chi connectivity index (χ0) is 17.9. The summed E-state index contributed by atoms with van der Waals surface area (Å²) in [5.74, 6) is 0.961. The van der Waals surface area contributed by atoms with Gasteiger partial charge < -0.3 is 15.1 Å². The van der Waals surface area contributed by atoms with Crippen molar-refractivity contribution in [2.24, 2.45) is 0 Å². The highest BCUT2D eigenvalue weighted by Crippen LogP contribution is 2.26. The lowest BCUT2D eigenvalue weighted by Crippen LogP contribution is -2.25. The van der Waals surface area contributed by atoms with E-state index in [1.54, 1.807) is 24.3 Å². The summed E-state index contributed by atoms with van der Waals surface area (Å²) >= 11 is 7.43. The summed E-state index contributed by atoms with van der Waals surface area (Å²) in [6, 6.07) is 15.1. The molecule has 0 spiro atoms. The molecule has 0 saturated carbocycles. The van der Waals surface area contributed by atoms with Crippen LogP contribution in [0.2, 0.25) is 5.02 Å². The lowest BCUT2D eigenvalue weighted by atomic mass is 10.2. The molecule has 132 valence electrons. The van der Waals surface area contributed by atoms with Gasteiger partial charge in [0.1, 0.15) is 11.4 Å². The first kappa shape index (κ1) is 16.9. The van der Waals surface area contributed by atoms with E-state index in [-0.39, 0.29) is 5.91 Å². The van der Waals surface area contributed by atoms with Crippen LogP contribution in [0.5, 0.6) is 0 Å². The number of anilines is 1. The number of fused-ring (bicyclic) bond motifs is 2. The number of halogens is 1. The topological polar surface area (TPSA) is 67.2 Å². The molecule has 0 saturated heterocycles. The molecule has 4 aromatic rings. The smallest absolute Gasteiger partial charge is 0.287 e. The Morgan fingerprint density at radius 1 is 1.15 bits per heavy atom. The van der Waals surface area contributed by atoms with Crippen molar-refractivity contribution < 1.29 is 9.21 Å². The summed E-state index contributed by atoms with van der Waals surface area (Å²) in [6.07, 6.45) is 0.781. The average Bonchev–Trinajstić information content (AvgIpc) is 3.25. The van der Waals surface area contributed by atoms with Crippen LogP contribution in [0.3, 0.4) is 0 Å². The zero-order valence-corrected chi connectivity index (χ0v) is 15.4. The standard InChI is InChI=1S/C19H16ClN3O2S/c20-13-6-7-15-12(10-13)11-16(25-15)19(24)22-9-3-8-21-18-14-4-1-2-5-17(14)26-23-18/h1-2,4-7,10-11H,3,8-9H2,(H,21,23)(H,22,24). The van der Waals surface area contributed by atoms with Crippen LogP contribution in [0.4, 0.5) is 5.82 Å². The third kappa shape index (κ3) is 3.52. The first-order valence-electron chi connectivity index (χ1n) is 8.26. The second-order valence-electron chi connectivity index (χ2n) is 5.86. The van der Waals surface area contributed by atoms with E-state index in [0.717, 1.165) is 34.3 Å². The number of aromatic nitrogens is 1. The molecule has 0 atom stereocenters. The zero-order valence-electron chi connectivity index (χ0n) is 13.8. The quantitative estimate of drug-likeness (QED) is 0.462. The van der Waals surface area contributed by atoms with Crippen molar-refractivity contribution in [3.63, 3.8) is 0 Å². The highest BCUT2D eigenvalue weighted by Gasteiger charge is 2.12. The van der Waals surface area contributed by atoms with E-state index < -0.39 is 0 Å². The number of hydrogen-bond donors (Lipinski definition) is 2. The Balaban J connectivity index is 1.28. The minimum absolute atomic E-state index is 0.226. The number of rotatable bonds is 6. The van der Waals surface area contributed by atoms with Crippen LogP contribution in [-0.4, -0.2) is 23.4 Å². The Hall–Kier alpha value is -2.57. The van der Waals surface area contributed by atoms with Crippen molar-refractivity contribution in [1.82, 2.24) is 9.69 Å². The van der Waals surface area contributed by atoms with Crippen molar-refractivity contribution in [2.45, 2.75) is 6.42 Å². The van der Waals surface area contributed by atoms with Gasteiger partial charge in [0.2, 0.25) is 0 Å². The summed E-state index contributed by atoms with van der Waals surface area (Å²) in [5.41, 5.74) is 0.650. The maximum absolute atomic E-state index is 12.2. The van der Waals surface area contributed by atoms with Crippen LogP contribution in [-0.2, 0) is 0 Å². The molecule has 0 radical (unpaired) electrons. The Bertz CT molecular complexity index is 1070. The number of nitrogens with zero attached hydrogens (tertiary/aromatic N) is 1. The lowest BCUT2D eigenvalue weighted by molar-refractivity contribution is 0.0928. The van der Waals surface area contributed by atoms with Crippen molar-refractivity contribution in [3.05, 3.63) is 59.3 Å². The fourth-order valence-corrected chi connectivity index (χ4v) is 3.66. The molecular formula is C19H16ClN3O2S. The average molecular weight is 386 g/mol. The van der Waals surface area contributed by atoms with Crippen LogP contribution >= 0.6 is 23.1 Å². The molecule has 7 heteroatoms. The first-order valence-corrected chi connectivity index (χ1v) is 9.41. The highest BCUT2D eigenvalue weighted by molar-refractivity contribution is 7.13. The third-order valence-electron chi connectivity index (χ3n) is 4.01. The molecule has 2 heterocycles.